The first-order valence-electron chi connectivity index (χ1n) is 8.40. The second-order valence-electron chi connectivity index (χ2n) is 5.98. The van der Waals surface area contributed by atoms with Crippen LogP contribution in [0.25, 0.3) is 0 Å². The van der Waals surface area contributed by atoms with Gasteiger partial charge in [0.05, 0.1) is 23.7 Å². The van der Waals surface area contributed by atoms with Gasteiger partial charge in [-0.2, -0.15) is 4.31 Å². The van der Waals surface area contributed by atoms with Crippen molar-refractivity contribution in [2.45, 2.75) is 11.5 Å². The molecule has 27 heavy (non-hydrogen) atoms. The van der Waals surface area contributed by atoms with Crippen LogP contribution in [0.3, 0.4) is 0 Å². The van der Waals surface area contributed by atoms with Crippen molar-refractivity contribution in [3.8, 4) is 0 Å². The summed E-state index contributed by atoms with van der Waals surface area (Å²) in [6.45, 7) is 1.33. The third-order valence-electron chi connectivity index (χ3n) is 4.16. The molecule has 1 aliphatic heterocycles. The molecule has 0 aliphatic carbocycles. The number of hydrogen-bond donors (Lipinski definition) is 0. The molecule has 0 N–H and O–H groups in total. The largest absolute Gasteiger partial charge is 0.457 e. The van der Waals surface area contributed by atoms with E-state index in [4.69, 9.17) is 9.47 Å². The Morgan fingerprint density at radius 1 is 1.11 bits per heavy atom. The van der Waals surface area contributed by atoms with E-state index in [1.165, 1.54) is 40.7 Å². The minimum Gasteiger partial charge on any atom is -0.457 e. The van der Waals surface area contributed by atoms with Gasteiger partial charge in [0.2, 0.25) is 10.0 Å². The third-order valence-corrected chi connectivity index (χ3v) is 6.05. The lowest BCUT2D eigenvalue weighted by molar-refractivity contribution is 0.0472. The summed E-state index contributed by atoms with van der Waals surface area (Å²) in [7, 11) is -3.60. The zero-order chi connectivity index (χ0) is 19.3. The summed E-state index contributed by atoms with van der Waals surface area (Å²) >= 11 is 0. The van der Waals surface area contributed by atoms with E-state index in [0.29, 0.717) is 49.3 Å². The van der Waals surface area contributed by atoms with E-state index >= 15 is 0 Å². The summed E-state index contributed by atoms with van der Waals surface area (Å²) in [6.07, 6.45) is 0.690. The number of esters is 1. The third kappa shape index (κ3) is 4.60. The fourth-order valence-electron chi connectivity index (χ4n) is 2.66. The normalized spacial score (nSPS) is 15.3. The number of carbonyl (C=O) groups excluding carboxylic acids is 2. The Morgan fingerprint density at radius 2 is 1.81 bits per heavy atom. The molecular formula is C19H19NO6S. The van der Waals surface area contributed by atoms with Gasteiger partial charge in [0.25, 0.3) is 0 Å². The lowest BCUT2D eigenvalue weighted by Crippen LogP contribution is -2.40. The molecule has 0 aromatic heterocycles. The monoisotopic (exact) mass is 389 g/mol. The second kappa shape index (κ2) is 8.43. The van der Waals surface area contributed by atoms with Crippen molar-refractivity contribution in [2.24, 2.45) is 0 Å². The molecule has 0 radical (unpaired) electrons. The molecule has 2 aromatic rings. The van der Waals surface area contributed by atoms with Gasteiger partial charge >= 0.3 is 5.97 Å². The average Bonchev–Trinajstić information content (AvgIpc) is 2.73. The van der Waals surface area contributed by atoms with E-state index in [2.05, 4.69) is 0 Å². The molecule has 142 valence electrons. The van der Waals surface area contributed by atoms with Crippen LogP contribution >= 0.6 is 0 Å². The lowest BCUT2D eigenvalue weighted by Gasteiger charge is -2.26. The van der Waals surface area contributed by atoms with Crippen molar-refractivity contribution in [3.63, 3.8) is 0 Å². The Hall–Kier alpha value is -2.55. The number of sulfonamides is 1. The van der Waals surface area contributed by atoms with Gasteiger partial charge in [-0.3, -0.25) is 4.79 Å². The van der Waals surface area contributed by atoms with Gasteiger partial charge in [0.1, 0.15) is 12.9 Å². The Morgan fingerprint density at radius 3 is 2.48 bits per heavy atom. The Kier molecular flexibility index (Phi) is 6.00. The van der Waals surface area contributed by atoms with Gasteiger partial charge < -0.3 is 9.47 Å². The number of aldehydes is 1. The first-order chi connectivity index (χ1) is 13.0. The Labute approximate surface area is 157 Å². The van der Waals surface area contributed by atoms with E-state index in [9.17, 15) is 18.0 Å². The highest BCUT2D eigenvalue weighted by atomic mass is 32.2. The molecule has 0 saturated carbocycles. The summed E-state index contributed by atoms with van der Waals surface area (Å²) in [6, 6.07) is 12.4. The second-order valence-corrected chi connectivity index (χ2v) is 7.92. The SMILES string of the molecule is O=Cc1ccc(C(=O)OCc2cccc(S(=O)(=O)N3CCOCC3)c2)cc1. The molecule has 2 aromatic carbocycles. The molecule has 1 heterocycles. The maximum Gasteiger partial charge on any atom is 0.338 e. The van der Waals surface area contributed by atoms with Gasteiger partial charge in [-0.25, -0.2) is 13.2 Å². The molecule has 0 unspecified atom stereocenters. The highest BCUT2D eigenvalue weighted by Crippen LogP contribution is 2.19. The zero-order valence-corrected chi connectivity index (χ0v) is 15.4. The van der Waals surface area contributed by atoms with Crippen LogP contribution in [0.4, 0.5) is 0 Å². The van der Waals surface area contributed by atoms with Crippen molar-refractivity contribution in [1.82, 2.24) is 4.31 Å². The van der Waals surface area contributed by atoms with Crippen LogP contribution in [0.5, 0.6) is 0 Å². The molecule has 3 rings (SSSR count). The number of nitrogens with zero attached hydrogens (tertiary/aromatic N) is 1. The molecule has 0 spiro atoms. The molecule has 0 atom stereocenters. The fourth-order valence-corrected chi connectivity index (χ4v) is 4.14. The van der Waals surface area contributed by atoms with E-state index in [1.807, 2.05) is 0 Å². The predicted octanol–water partition coefficient (Wildman–Crippen LogP) is 1.88. The van der Waals surface area contributed by atoms with Crippen LogP contribution in [0.1, 0.15) is 26.3 Å². The minimum atomic E-state index is -3.60. The van der Waals surface area contributed by atoms with E-state index in [0.717, 1.165) is 0 Å². The highest BCUT2D eigenvalue weighted by molar-refractivity contribution is 7.89. The average molecular weight is 389 g/mol. The summed E-state index contributed by atoms with van der Waals surface area (Å²) in [5.74, 6) is -0.547. The molecule has 1 fully saturated rings. The number of morpholine rings is 1. The first-order valence-corrected chi connectivity index (χ1v) is 9.84. The quantitative estimate of drug-likeness (QED) is 0.554. The molecule has 1 saturated heterocycles. The van der Waals surface area contributed by atoms with Gasteiger partial charge in [-0.15, -0.1) is 0 Å². The fraction of sp³-hybridized carbons (Fsp3) is 0.263. The molecule has 0 amide bonds. The zero-order valence-electron chi connectivity index (χ0n) is 14.5. The highest BCUT2D eigenvalue weighted by Gasteiger charge is 2.26. The first kappa shape index (κ1) is 19.2. The number of carbonyl (C=O) groups is 2. The predicted molar refractivity (Wildman–Crippen MR) is 97.0 cm³/mol. The van der Waals surface area contributed by atoms with E-state index in [1.54, 1.807) is 12.1 Å². The Bertz CT molecular complexity index is 917. The van der Waals surface area contributed by atoms with Crippen molar-refractivity contribution in [2.75, 3.05) is 26.3 Å². The van der Waals surface area contributed by atoms with Crippen LogP contribution in [0.2, 0.25) is 0 Å². The van der Waals surface area contributed by atoms with Crippen LogP contribution in [0.15, 0.2) is 53.4 Å². The van der Waals surface area contributed by atoms with Gasteiger partial charge in [0, 0.05) is 18.7 Å². The van der Waals surface area contributed by atoms with E-state index < -0.39 is 16.0 Å². The van der Waals surface area contributed by atoms with Crippen molar-refractivity contribution in [3.05, 3.63) is 65.2 Å². The molecule has 0 bridgehead atoms. The maximum absolute atomic E-state index is 12.7. The van der Waals surface area contributed by atoms with Crippen LogP contribution in [-0.4, -0.2) is 51.3 Å². The maximum atomic E-state index is 12.7. The number of ether oxygens (including phenoxy) is 2. The van der Waals surface area contributed by atoms with Crippen molar-refractivity contribution >= 4 is 22.3 Å². The van der Waals surface area contributed by atoms with Crippen molar-refractivity contribution < 1.29 is 27.5 Å². The smallest absolute Gasteiger partial charge is 0.338 e. The topological polar surface area (TPSA) is 90.0 Å². The van der Waals surface area contributed by atoms with Crippen molar-refractivity contribution in [1.29, 1.82) is 0 Å². The minimum absolute atomic E-state index is 0.0548. The van der Waals surface area contributed by atoms with Crippen LogP contribution in [-0.2, 0) is 26.1 Å². The van der Waals surface area contributed by atoms with E-state index in [-0.39, 0.29) is 11.5 Å². The summed E-state index contributed by atoms with van der Waals surface area (Å²) in [5.41, 5.74) is 1.35. The van der Waals surface area contributed by atoms with Gasteiger partial charge in [-0.05, 0) is 29.8 Å². The standard InChI is InChI=1S/C19H19NO6S/c21-13-15-4-6-17(7-5-15)19(22)26-14-16-2-1-3-18(12-16)27(23,24)20-8-10-25-11-9-20/h1-7,12-13H,8-11,14H2. The van der Waals surface area contributed by atoms with Gasteiger partial charge in [-0.1, -0.05) is 24.3 Å². The number of hydrogen-bond acceptors (Lipinski definition) is 6. The Balaban J connectivity index is 1.68. The molecule has 1 aliphatic rings. The van der Waals surface area contributed by atoms with Crippen LogP contribution in [0, 0.1) is 0 Å². The summed E-state index contributed by atoms with van der Waals surface area (Å²) in [5, 5.41) is 0. The van der Waals surface area contributed by atoms with Gasteiger partial charge in [0.15, 0.2) is 0 Å². The lowest BCUT2D eigenvalue weighted by atomic mass is 10.1. The molecule has 7 nitrogen and oxygen atoms in total. The number of rotatable bonds is 6. The summed E-state index contributed by atoms with van der Waals surface area (Å²) < 4.78 is 37.2. The number of benzene rings is 2. The van der Waals surface area contributed by atoms with Crippen LogP contribution < -0.4 is 0 Å². The molecular weight excluding hydrogens is 370 g/mol. The molecule has 8 heteroatoms. The summed E-state index contributed by atoms with van der Waals surface area (Å²) in [4.78, 5) is 22.9.